The highest BCUT2D eigenvalue weighted by molar-refractivity contribution is 6.31. The van der Waals surface area contributed by atoms with E-state index in [4.69, 9.17) is 23.2 Å². The van der Waals surface area contributed by atoms with Crippen LogP contribution in [-0.2, 0) is 22.6 Å². The van der Waals surface area contributed by atoms with Gasteiger partial charge in [0.1, 0.15) is 11.9 Å². The van der Waals surface area contributed by atoms with Gasteiger partial charge in [0.15, 0.2) is 0 Å². The van der Waals surface area contributed by atoms with Crippen LogP contribution in [0.25, 0.3) is 0 Å². The first-order chi connectivity index (χ1) is 13.8. The Morgan fingerprint density at radius 1 is 1.10 bits per heavy atom. The number of hydrogen-bond donors (Lipinski definition) is 1. The van der Waals surface area contributed by atoms with Gasteiger partial charge in [-0.05, 0) is 37.1 Å². The van der Waals surface area contributed by atoms with Gasteiger partial charge in [0, 0.05) is 28.7 Å². The maximum absolute atomic E-state index is 14.2. The normalized spacial score (nSPS) is 11.8. The Morgan fingerprint density at radius 2 is 1.79 bits per heavy atom. The zero-order valence-electron chi connectivity index (χ0n) is 16.6. The molecule has 0 unspecified atom stereocenters. The summed E-state index contributed by atoms with van der Waals surface area (Å²) in [6, 6.07) is 10.6. The van der Waals surface area contributed by atoms with Gasteiger partial charge in [-0.25, -0.2) is 4.39 Å². The summed E-state index contributed by atoms with van der Waals surface area (Å²) >= 11 is 12.3. The smallest absolute Gasteiger partial charge is 0.242 e. The molecule has 29 heavy (non-hydrogen) atoms. The van der Waals surface area contributed by atoms with Crippen molar-refractivity contribution in [3.63, 3.8) is 0 Å². The first-order valence-electron chi connectivity index (χ1n) is 9.58. The predicted molar refractivity (Wildman–Crippen MR) is 114 cm³/mol. The summed E-state index contributed by atoms with van der Waals surface area (Å²) in [5.41, 5.74) is 0.817. The topological polar surface area (TPSA) is 49.4 Å². The van der Waals surface area contributed by atoms with Crippen molar-refractivity contribution in [1.82, 2.24) is 10.2 Å². The number of benzene rings is 2. The number of rotatable bonds is 9. The van der Waals surface area contributed by atoms with E-state index < -0.39 is 17.8 Å². The van der Waals surface area contributed by atoms with E-state index in [0.29, 0.717) is 17.1 Å². The second-order valence-corrected chi connectivity index (χ2v) is 7.62. The van der Waals surface area contributed by atoms with Gasteiger partial charge >= 0.3 is 0 Å². The number of carbonyl (C=O) groups excluding carboxylic acids is 2. The quantitative estimate of drug-likeness (QED) is 0.559. The van der Waals surface area contributed by atoms with Crippen LogP contribution in [0.1, 0.15) is 37.8 Å². The summed E-state index contributed by atoms with van der Waals surface area (Å²) in [7, 11) is 0. The molecule has 0 fully saturated rings. The third-order valence-corrected chi connectivity index (χ3v) is 5.41. The largest absolute Gasteiger partial charge is 0.354 e. The number of halogens is 3. The van der Waals surface area contributed by atoms with Crippen molar-refractivity contribution in [2.75, 3.05) is 6.54 Å². The summed E-state index contributed by atoms with van der Waals surface area (Å²) in [5.74, 6) is -1.22. The lowest BCUT2D eigenvalue weighted by molar-refractivity contribution is -0.140. The summed E-state index contributed by atoms with van der Waals surface area (Å²) < 4.78 is 14.2. The fourth-order valence-electron chi connectivity index (χ4n) is 2.88. The van der Waals surface area contributed by atoms with Crippen molar-refractivity contribution < 1.29 is 14.0 Å². The minimum atomic E-state index is -0.749. The van der Waals surface area contributed by atoms with Crippen molar-refractivity contribution in [3.8, 4) is 0 Å². The zero-order valence-corrected chi connectivity index (χ0v) is 18.1. The molecular formula is C22H25Cl2FN2O2. The molecular weight excluding hydrogens is 414 g/mol. The molecule has 2 aromatic carbocycles. The maximum atomic E-state index is 14.2. The summed E-state index contributed by atoms with van der Waals surface area (Å²) in [5, 5.41) is 3.51. The molecule has 0 saturated heterocycles. The van der Waals surface area contributed by atoms with Crippen LogP contribution in [0, 0.1) is 5.82 Å². The van der Waals surface area contributed by atoms with Gasteiger partial charge in [0.05, 0.1) is 6.42 Å². The van der Waals surface area contributed by atoms with E-state index in [-0.39, 0.29) is 29.5 Å². The van der Waals surface area contributed by atoms with Crippen LogP contribution in [0.15, 0.2) is 42.5 Å². The SMILES string of the molecule is CCCCNC(=O)[C@@H](C)N(Cc1ccccc1Cl)C(=O)Cc1c(F)cccc1Cl. The molecule has 0 aromatic heterocycles. The lowest BCUT2D eigenvalue weighted by atomic mass is 10.1. The summed E-state index contributed by atoms with van der Waals surface area (Å²) in [6.45, 7) is 4.35. The molecule has 7 heteroatoms. The second-order valence-electron chi connectivity index (χ2n) is 6.81. The Kier molecular flexibility index (Phi) is 8.93. The summed E-state index contributed by atoms with van der Waals surface area (Å²) in [6.07, 6.45) is 1.55. The van der Waals surface area contributed by atoms with Crippen LogP contribution in [0.4, 0.5) is 4.39 Å². The van der Waals surface area contributed by atoms with E-state index in [1.807, 2.05) is 13.0 Å². The third-order valence-electron chi connectivity index (χ3n) is 4.69. The molecule has 0 radical (unpaired) electrons. The minimum absolute atomic E-state index is 0.113. The molecule has 4 nitrogen and oxygen atoms in total. The van der Waals surface area contributed by atoms with Crippen LogP contribution < -0.4 is 5.32 Å². The molecule has 0 aliphatic heterocycles. The van der Waals surface area contributed by atoms with Gasteiger partial charge in [-0.2, -0.15) is 0 Å². The van der Waals surface area contributed by atoms with Crippen LogP contribution in [0.2, 0.25) is 10.0 Å². The molecule has 0 bridgehead atoms. The third kappa shape index (κ3) is 6.44. The van der Waals surface area contributed by atoms with Crippen LogP contribution in [-0.4, -0.2) is 29.3 Å². The molecule has 2 aromatic rings. The molecule has 2 amide bonds. The van der Waals surface area contributed by atoms with Crippen LogP contribution >= 0.6 is 23.2 Å². The minimum Gasteiger partial charge on any atom is -0.354 e. The molecule has 0 aliphatic carbocycles. The molecule has 156 valence electrons. The monoisotopic (exact) mass is 438 g/mol. The van der Waals surface area contributed by atoms with Gasteiger partial charge in [-0.3, -0.25) is 9.59 Å². The van der Waals surface area contributed by atoms with Gasteiger partial charge in [-0.1, -0.05) is 60.8 Å². The Hall–Kier alpha value is -2.11. The number of hydrogen-bond acceptors (Lipinski definition) is 2. The highest BCUT2D eigenvalue weighted by atomic mass is 35.5. The average molecular weight is 439 g/mol. The average Bonchev–Trinajstić information content (AvgIpc) is 2.69. The summed E-state index contributed by atoms with van der Waals surface area (Å²) in [4.78, 5) is 27.1. The maximum Gasteiger partial charge on any atom is 0.242 e. The predicted octanol–water partition coefficient (Wildman–Crippen LogP) is 5.01. The molecule has 0 heterocycles. The second kappa shape index (κ2) is 11.2. The van der Waals surface area contributed by atoms with Crippen molar-refractivity contribution in [2.24, 2.45) is 0 Å². The number of nitrogens with zero attached hydrogens (tertiary/aromatic N) is 1. The highest BCUT2D eigenvalue weighted by Crippen LogP contribution is 2.23. The molecule has 0 spiro atoms. The van der Waals surface area contributed by atoms with E-state index in [9.17, 15) is 14.0 Å². The first-order valence-corrected chi connectivity index (χ1v) is 10.3. The van der Waals surface area contributed by atoms with E-state index in [1.54, 1.807) is 25.1 Å². The van der Waals surface area contributed by atoms with Crippen molar-refractivity contribution >= 4 is 35.0 Å². The Morgan fingerprint density at radius 3 is 2.45 bits per heavy atom. The van der Waals surface area contributed by atoms with E-state index >= 15 is 0 Å². The fourth-order valence-corrected chi connectivity index (χ4v) is 3.31. The Labute approximate surface area is 181 Å². The molecule has 0 saturated carbocycles. The van der Waals surface area contributed by atoms with Gasteiger partial charge < -0.3 is 10.2 Å². The fraction of sp³-hybridized carbons (Fsp3) is 0.364. The van der Waals surface area contributed by atoms with Crippen LogP contribution in [0.3, 0.4) is 0 Å². The van der Waals surface area contributed by atoms with Crippen molar-refractivity contribution in [2.45, 2.75) is 45.7 Å². The lowest BCUT2D eigenvalue weighted by Gasteiger charge is -2.29. The number of amides is 2. The van der Waals surface area contributed by atoms with E-state index in [0.717, 1.165) is 12.8 Å². The zero-order chi connectivity index (χ0) is 21.4. The standard InChI is InChI=1S/C22H25Cl2FN2O2/c1-3-4-12-26-22(29)15(2)27(14-16-8-5-6-9-18(16)23)21(28)13-17-19(24)10-7-11-20(17)25/h5-11,15H,3-4,12-14H2,1-2H3,(H,26,29)/t15-/m1/s1. The lowest BCUT2D eigenvalue weighted by Crippen LogP contribution is -2.48. The Balaban J connectivity index is 2.26. The van der Waals surface area contributed by atoms with Gasteiger partial charge in [0.25, 0.3) is 0 Å². The number of nitrogens with one attached hydrogen (secondary N) is 1. The molecule has 0 aliphatic rings. The van der Waals surface area contributed by atoms with E-state index in [1.165, 1.54) is 23.1 Å². The molecule has 2 rings (SSSR count). The Bertz CT molecular complexity index is 840. The first kappa shape index (κ1) is 23.2. The van der Waals surface area contributed by atoms with Crippen LogP contribution in [0.5, 0.6) is 0 Å². The van der Waals surface area contributed by atoms with Gasteiger partial charge in [-0.15, -0.1) is 0 Å². The highest BCUT2D eigenvalue weighted by Gasteiger charge is 2.27. The van der Waals surface area contributed by atoms with Crippen molar-refractivity contribution in [3.05, 3.63) is 69.5 Å². The number of unbranched alkanes of at least 4 members (excludes halogenated alkanes) is 1. The van der Waals surface area contributed by atoms with Gasteiger partial charge in [0.2, 0.25) is 11.8 Å². The van der Waals surface area contributed by atoms with E-state index in [2.05, 4.69) is 5.32 Å². The molecule has 1 atom stereocenters. The molecule has 1 N–H and O–H groups in total. The number of carbonyl (C=O) groups is 2. The van der Waals surface area contributed by atoms with Crippen molar-refractivity contribution in [1.29, 1.82) is 0 Å².